The molecule has 1 atom stereocenters. The van der Waals surface area contributed by atoms with Crippen molar-refractivity contribution >= 4 is 46.0 Å². The fourth-order valence-corrected chi connectivity index (χ4v) is 6.16. The highest BCUT2D eigenvalue weighted by Crippen LogP contribution is 2.44. The minimum atomic E-state index is -0.960. The number of ketones is 1. The predicted octanol–water partition coefficient (Wildman–Crippen LogP) is 6.94. The van der Waals surface area contributed by atoms with E-state index >= 15 is 0 Å². The van der Waals surface area contributed by atoms with Crippen LogP contribution in [0.2, 0.25) is 0 Å². The first-order valence-corrected chi connectivity index (χ1v) is 14.7. The van der Waals surface area contributed by atoms with Crippen molar-refractivity contribution in [2.45, 2.75) is 29.5 Å². The largest absolute Gasteiger partial charge is 0.503 e. The maximum Gasteiger partial charge on any atom is 0.296 e. The lowest BCUT2D eigenvalue weighted by atomic mass is 9.95. The maximum atomic E-state index is 14.1. The van der Waals surface area contributed by atoms with Crippen molar-refractivity contribution in [2.75, 3.05) is 11.5 Å². The maximum absolute atomic E-state index is 14.1. The molecule has 0 spiro atoms. The van der Waals surface area contributed by atoms with Crippen molar-refractivity contribution in [1.29, 1.82) is 0 Å². The van der Waals surface area contributed by atoms with E-state index in [0.29, 0.717) is 33.6 Å². The number of ether oxygens (including phenoxy) is 1. The van der Waals surface area contributed by atoms with Gasteiger partial charge in [-0.2, -0.15) is 0 Å². The van der Waals surface area contributed by atoms with Crippen LogP contribution >= 0.6 is 23.1 Å². The van der Waals surface area contributed by atoms with Crippen LogP contribution in [0, 0.1) is 5.82 Å². The van der Waals surface area contributed by atoms with Crippen LogP contribution in [0.25, 0.3) is 6.08 Å². The second-order valence-corrected chi connectivity index (χ2v) is 11.3. The third-order valence-corrected chi connectivity index (χ3v) is 8.36. The first-order chi connectivity index (χ1) is 20.0. The second-order valence-electron chi connectivity index (χ2n) is 9.10. The Morgan fingerprint density at radius 3 is 2.66 bits per heavy atom. The molecule has 7 nitrogen and oxygen atoms in total. The average Bonchev–Trinajstić information content (AvgIpc) is 3.57. The van der Waals surface area contributed by atoms with E-state index in [4.69, 9.17) is 4.74 Å². The van der Waals surface area contributed by atoms with Crippen LogP contribution < -0.4 is 9.64 Å². The summed E-state index contributed by atoms with van der Waals surface area (Å²) in [5, 5.41) is 19.6. The number of carbonyl (C=O) groups is 2. The number of thioether (sulfide) groups is 1. The zero-order valence-electron chi connectivity index (χ0n) is 22.1. The van der Waals surface area contributed by atoms with E-state index in [1.54, 1.807) is 48.5 Å². The summed E-state index contributed by atoms with van der Waals surface area (Å²) in [5.74, 6) is -1.32. The molecule has 0 saturated carbocycles. The molecule has 4 aromatic rings. The smallest absolute Gasteiger partial charge is 0.296 e. The molecule has 0 fully saturated rings. The number of anilines is 1. The van der Waals surface area contributed by atoms with Gasteiger partial charge in [0.15, 0.2) is 15.9 Å². The van der Waals surface area contributed by atoms with Crippen molar-refractivity contribution < 1.29 is 23.8 Å². The topological polar surface area (TPSA) is 92.6 Å². The number of nitrogens with zero attached hydrogens (tertiary/aromatic N) is 3. The molecule has 1 unspecified atom stereocenters. The molecule has 41 heavy (non-hydrogen) atoms. The fraction of sp³-hybridized carbons (Fsp3) is 0.161. The van der Waals surface area contributed by atoms with Crippen LogP contribution in [0.15, 0.2) is 101 Å². The van der Waals surface area contributed by atoms with Crippen molar-refractivity contribution in [1.82, 2.24) is 10.2 Å². The number of carbonyl (C=O) groups excluding carboxylic acids is 2. The molecule has 1 N–H and O–H groups in total. The van der Waals surface area contributed by atoms with Gasteiger partial charge < -0.3 is 9.84 Å². The summed E-state index contributed by atoms with van der Waals surface area (Å²) < 4.78 is 20.4. The van der Waals surface area contributed by atoms with Gasteiger partial charge in [-0.3, -0.25) is 14.5 Å². The highest BCUT2D eigenvalue weighted by atomic mass is 32.2. The van der Waals surface area contributed by atoms with Gasteiger partial charge in [-0.05, 0) is 47.4 Å². The molecule has 0 aliphatic carbocycles. The number of rotatable bonds is 11. The van der Waals surface area contributed by atoms with Crippen LogP contribution in [0.5, 0.6) is 5.75 Å². The van der Waals surface area contributed by atoms with E-state index in [9.17, 15) is 19.1 Å². The number of halogens is 1. The average molecular weight is 588 g/mol. The van der Waals surface area contributed by atoms with Gasteiger partial charge in [-0.1, -0.05) is 96.8 Å². The van der Waals surface area contributed by atoms with Crippen LogP contribution in [-0.2, 0) is 15.3 Å². The van der Waals surface area contributed by atoms with Crippen LogP contribution in [0.1, 0.15) is 36.1 Å². The van der Waals surface area contributed by atoms with E-state index < -0.39 is 23.5 Å². The molecule has 0 bridgehead atoms. The van der Waals surface area contributed by atoms with Gasteiger partial charge in [0.05, 0.1) is 18.2 Å². The summed E-state index contributed by atoms with van der Waals surface area (Å²) in [6.45, 7) is 2.50. The first-order valence-electron chi connectivity index (χ1n) is 12.9. The zero-order chi connectivity index (χ0) is 28.8. The molecule has 1 amide bonds. The molecule has 3 aromatic carbocycles. The Kier molecular flexibility index (Phi) is 8.91. The monoisotopic (exact) mass is 587 g/mol. The number of benzene rings is 3. The Labute approximate surface area is 245 Å². The minimum Gasteiger partial charge on any atom is -0.503 e. The van der Waals surface area contributed by atoms with E-state index in [2.05, 4.69) is 10.2 Å². The SMILES string of the molecule is CCCOc1cccc(C2C(C(=O)C=Cc3ccccc3)=C(O)C(=O)N2c2nnc(SCc3ccccc3F)s2)c1. The summed E-state index contributed by atoms with van der Waals surface area (Å²) in [6, 6.07) is 21.9. The second kappa shape index (κ2) is 12.9. The molecule has 1 aliphatic heterocycles. The molecule has 1 aromatic heterocycles. The third-order valence-electron chi connectivity index (χ3n) is 6.26. The number of aliphatic hydroxyl groups excluding tert-OH is 1. The number of amides is 1. The molecule has 5 rings (SSSR count). The van der Waals surface area contributed by atoms with Crippen molar-refractivity contribution in [3.8, 4) is 5.75 Å². The number of hydrogen-bond acceptors (Lipinski definition) is 8. The zero-order valence-corrected chi connectivity index (χ0v) is 23.7. The predicted molar refractivity (Wildman–Crippen MR) is 158 cm³/mol. The summed E-state index contributed by atoms with van der Waals surface area (Å²) in [7, 11) is 0. The van der Waals surface area contributed by atoms with E-state index in [-0.39, 0.29) is 16.5 Å². The molecule has 0 radical (unpaired) electrons. The first kappa shape index (κ1) is 28.3. The molecular weight excluding hydrogens is 561 g/mol. The number of hydrogen-bond donors (Lipinski definition) is 1. The molecular formula is C31H26FN3O4S2. The van der Waals surface area contributed by atoms with Crippen molar-refractivity contribution in [3.63, 3.8) is 0 Å². The lowest BCUT2D eigenvalue weighted by Gasteiger charge is -2.24. The van der Waals surface area contributed by atoms with E-state index in [1.807, 2.05) is 37.3 Å². The summed E-state index contributed by atoms with van der Waals surface area (Å²) in [5.41, 5.74) is 1.83. The van der Waals surface area contributed by atoms with Crippen LogP contribution in [-0.4, -0.2) is 33.6 Å². The van der Waals surface area contributed by atoms with Gasteiger partial charge >= 0.3 is 0 Å². The normalized spacial score (nSPS) is 15.2. The van der Waals surface area contributed by atoms with E-state index in [0.717, 1.165) is 23.3 Å². The highest BCUT2D eigenvalue weighted by molar-refractivity contribution is 8.00. The molecule has 208 valence electrons. The highest BCUT2D eigenvalue weighted by Gasteiger charge is 2.45. The number of allylic oxidation sites excluding steroid dienone is 1. The molecule has 2 heterocycles. The summed E-state index contributed by atoms with van der Waals surface area (Å²) in [4.78, 5) is 28.2. The Hall–Kier alpha value is -4.28. The lowest BCUT2D eigenvalue weighted by molar-refractivity contribution is -0.117. The Balaban J connectivity index is 1.48. The van der Waals surface area contributed by atoms with Gasteiger partial charge in [-0.15, -0.1) is 10.2 Å². The Morgan fingerprint density at radius 2 is 1.88 bits per heavy atom. The quantitative estimate of drug-likeness (QED) is 0.115. The molecule has 1 aliphatic rings. The lowest BCUT2D eigenvalue weighted by Crippen LogP contribution is -2.30. The minimum absolute atomic E-state index is 0.0643. The Bertz CT molecular complexity index is 1620. The summed E-state index contributed by atoms with van der Waals surface area (Å²) in [6.07, 6.45) is 3.79. The molecule has 0 saturated heterocycles. The molecule has 10 heteroatoms. The van der Waals surface area contributed by atoms with Gasteiger partial charge in [0.1, 0.15) is 11.6 Å². The third kappa shape index (κ3) is 6.39. The van der Waals surface area contributed by atoms with Gasteiger partial charge in [0.25, 0.3) is 5.91 Å². The van der Waals surface area contributed by atoms with Gasteiger partial charge in [0, 0.05) is 5.75 Å². The number of aromatic nitrogens is 2. The number of aliphatic hydroxyl groups is 1. The standard InChI is InChI=1S/C31H26FN3O4S2/c1-2-17-39-23-13-8-12-21(18-23)27-26(25(36)16-15-20-9-4-3-5-10-20)28(37)29(38)35(27)30-33-34-31(41-30)40-19-22-11-6-7-14-24(22)32/h3-16,18,27,37H,2,17,19H2,1H3. The fourth-order valence-electron chi connectivity index (χ4n) is 4.30. The van der Waals surface area contributed by atoms with E-state index in [1.165, 1.54) is 28.8 Å². The van der Waals surface area contributed by atoms with Gasteiger partial charge in [-0.25, -0.2) is 4.39 Å². The van der Waals surface area contributed by atoms with Crippen molar-refractivity contribution in [3.05, 3.63) is 119 Å². The summed E-state index contributed by atoms with van der Waals surface area (Å²) >= 11 is 2.41. The van der Waals surface area contributed by atoms with Crippen molar-refractivity contribution in [2.24, 2.45) is 0 Å². The Morgan fingerprint density at radius 1 is 1.10 bits per heavy atom. The van der Waals surface area contributed by atoms with Crippen LogP contribution in [0.3, 0.4) is 0 Å². The van der Waals surface area contributed by atoms with Crippen LogP contribution in [0.4, 0.5) is 9.52 Å². The van der Waals surface area contributed by atoms with Gasteiger partial charge in [0.2, 0.25) is 5.13 Å².